The summed E-state index contributed by atoms with van der Waals surface area (Å²) in [5, 5.41) is 4.58. The Labute approximate surface area is 188 Å². The van der Waals surface area contributed by atoms with Crippen LogP contribution in [-0.4, -0.2) is 24.3 Å². The van der Waals surface area contributed by atoms with Crippen LogP contribution in [0.3, 0.4) is 0 Å². The topological polar surface area (TPSA) is 48.5 Å². The Morgan fingerprint density at radius 3 is 2.38 bits per heavy atom. The van der Waals surface area contributed by atoms with E-state index in [4.69, 9.17) is 4.98 Å². The highest BCUT2D eigenvalue weighted by atomic mass is 15.3. The third-order valence-electron chi connectivity index (χ3n) is 6.10. The smallest absolute Gasteiger partial charge is 0.126 e. The number of hydrogen-bond donors (Lipinski definition) is 0. The fourth-order valence-corrected chi connectivity index (χ4v) is 4.50. The van der Waals surface area contributed by atoms with Crippen molar-refractivity contribution in [1.29, 1.82) is 0 Å². The van der Waals surface area contributed by atoms with Crippen molar-refractivity contribution in [3.05, 3.63) is 101 Å². The van der Waals surface area contributed by atoms with Crippen molar-refractivity contribution in [3.8, 4) is 11.1 Å². The molecule has 5 aromatic rings. The quantitative estimate of drug-likeness (QED) is 0.382. The summed E-state index contributed by atoms with van der Waals surface area (Å²) in [5.74, 6) is 0.816. The van der Waals surface area contributed by atoms with Crippen LogP contribution in [0.25, 0.3) is 22.2 Å². The second kappa shape index (κ2) is 8.08. The van der Waals surface area contributed by atoms with Crippen LogP contribution >= 0.6 is 0 Å². The number of rotatable bonds is 5. The van der Waals surface area contributed by atoms with Gasteiger partial charge in [-0.3, -0.25) is 4.68 Å². The molecule has 5 rings (SSSR count). The van der Waals surface area contributed by atoms with Crippen LogP contribution < -0.4 is 0 Å². The van der Waals surface area contributed by atoms with E-state index in [0.29, 0.717) is 0 Å². The minimum Gasteiger partial charge on any atom is -0.348 e. The van der Waals surface area contributed by atoms with Crippen LogP contribution in [-0.2, 0) is 20.0 Å². The van der Waals surface area contributed by atoms with E-state index in [1.807, 2.05) is 23.9 Å². The highest BCUT2D eigenvalue weighted by molar-refractivity contribution is 5.78. The lowest BCUT2D eigenvalue weighted by atomic mass is 9.93. The fourth-order valence-electron chi connectivity index (χ4n) is 4.50. The van der Waals surface area contributed by atoms with Crippen LogP contribution in [0.5, 0.6) is 0 Å². The van der Waals surface area contributed by atoms with Crippen LogP contribution in [0.1, 0.15) is 33.8 Å². The average molecular weight is 422 g/mol. The van der Waals surface area contributed by atoms with Crippen molar-refractivity contribution in [2.24, 2.45) is 7.05 Å². The molecule has 32 heavy (non-hydrogen) atoms. The molecule has 0 atom stereocenters. The molecule has 2 aromatic carbocycles. The van der Waals surface area contributed by atoms with Gasteiger partial charge in [-0.05, 0) is 54.7 Å². The van der Waals surface area contributed by atoms with Crippen LogP contribution in [0.15, 0.2) is 67.1 Å². The van der Waals surface area contributed by atoms with Gasteiger partial charge in [0.1, 0.15) is 5.82 Å². The largest absolute Gasteiger partial charge is 0.348 e. The lowest BCUT2D eigenvalue weighted by Crippen LogP contribution is -2.04. The normalized spacial score (nSPS) is 11.4. The number of hydrogen-bond acceptors (Lipinski definition) is 3. The van der Waals surface area contributed by atoms with Crippen molar-refractivity contribution in [1.82, 2.24) is 24.3 Å². The average Bonchev–Trinajstić information content (AvgIpc) is 3.38. The summed E-state index contributed by atoms with van der Waals surface area (Å²) in [4.78, 5) is 9.38. The monoisotopic (exact) mass is 421 g/mol. The molecule has 0 saturated carbocycles. The molecule has 0 amide bonds. The third kappa shape index (κ3) is 3.82. The maximum atomic E-state index is 4.79. The highest BCUT2D eigenvalue weighted by Crippen LogP contribution is 2.28. The summed E-state index contributed by atoms with van der Waals surface area (Å²) in [5.41, 5.74) is 10.7. The Kier molecular flexibility index (Phi) is 5.10. The number of benzene rings is 2. The summed E-state index contributed by atoms with van der Waals surface area (Å²) < 4.78 is 4.11. The number of nitrogens with zero attached hydrogens (tertiary/aromatic N) is 5. The van der Waals surface area contributed by atoms with E-state index < -0.39 is 0 Å². The van der Waals surface area contributed by atoms with Gasteiger partial charge in [-0.25, -0.2) is 9.97 Å². The van der Waals surface area contributed by atoms with Gasteiger partial charge in [0.15, 0.2) is 0 Å². The van der Waals surface area contributed by atoms with Gasteiger partial charge in [0.2, 0.25) is 0 Å². The standard InChI is InChI=1S/C27H27N5/c1-18-12-22(23-15-28-32(17-23)16-21-8-6-5-7-9-21)13-19(2)24(18)14-26-27-25(10-11-31(27)4)29-20(3)30-26/h5-13,15,17H,14,16H2,1-4H3. The Morgan fingerprint density at radius 1 is 0.875 bits per heavy atom. The first-order chi connectivity index (χ1) is 15.5. The molecular weight excluding hydrogens is 394 g/mol. The third-order valence-corrected chi connectivity index (χ3v) is 6.10. The van der Waals surface area contributed by atoms with Gasteiger partial charge < -0.3 is 4.57 Å². The summed E-state index contributed by atoms with van der Waals surface area (Å²) in [7, 11) is 2.06. The van der Waals surface area contributed by atoms with E-state index in [-0.39, 0.29) is 0 Å². The van der Waals surface area contributed by atoms with E-state index >= 15 is 0 Å². The van der Waals surface area contributed by atoms with Crippen LogP contribution in [0.4, 0.5) is 0 Å². The van der Waals surface area contributed by atoms with Crippen LogP contribution in [0, 0.1) is 20.8 Å². The van der Waals surface area contributed by atoms with E-state index in [1.54, 1.807) is 0 Å². The predicted molar refractivity (Wildman–Crippen MR) is 129 cm³/mol. The molecule has 3 heterocycles. The van der Waals surface area contributed by atoms with Gasteiger partial charge in [0.25, 0.3) is 0 Å². The molecule has 0 saturated heterocycles. The van der Waals surface area contributed by atoms with Gasteiger partial charge in [0, 0.05) is 31.4 Å². The SMILES string of the molecule is Cc1nc(Cc2c(C)cc(-c3cnn(Cc4ccccc4)c3)cc2C)c2c(ccn2C)n1. The summed E-state index contributed by atoms with van der Waals surface area (Å²) in [6.45, 7) is 7.12. The van der Waals surface area contributed by atoms with E-state index in [0.717, 1.165) is 41.1 Å². The van der Waals surface area contributed by atoms with Crippen molar-refractivity contribution < 1.29 is 0 Å². The number of fused-ring (bicyclic) bond motifs is 1. The Bertz CT molecular complexity index is 1390. The first-order valence-electron chi connectivity index (χ1n) is 10.9. The van der Waals surface area contributed by atoms with Gasteiger partial charge in [-0.2, -0.15) is 5.10 Å². The van der Waals surface area contributed by atoms with Gasteiger partial charge >= 0.3 is 0 Å². The Hall–Kier alpha value is -3.73. The summed E-state index contributed by atoms with van der Waals surface area (Å²) in [6, 6.07) is 17.0. The van der Waals surface area contributed by atoms with Gasteiger partial charge in [0.05, 0.1) is 29.5 Å². The lowest BCUT2D eigenvalue weighted by molar-refractivity contribution is 0.687. The van der Waals surface area contributed by atoms with Crippen molar-refractivity contribution in [3.63, 3.8) is 0 Å². The van der Waals surface area contributed by atoms with Crippen molar-refractivity contribution >= 4 is 11.0 Å². The molecule has 0 bridgehead atoms. The number of aromatic nitrogens is 5. The molecule has 0 aliphatic heterocycles. The summed E-state index contributed by atoms with van der Waals surface area (Å²) in [6.07, 6.45) is 6.93. The minimum absolute atomic E-state index is 0.774. The first-order valence-corrected chi connectivity index (χ1v) is 10.9. The zero-order chi connectivity index (χ0) is 22.2. The van der Waals surface area contributed by atoms with Gasteiger partial charge in [-0.1, -0.05) is 42.5 Å². The predicted octanol–water partition coefficient (Wildman–Crippen LogP) is 5.40. The molecule has 3 aromatic heterocycles. The second-order valence-electron chi connectivity index (χ2n) is 8.56. The minimum atomic E-state index is 0.774. The molecule has 5 heteroatoms. The van der Waals surface area contributed by atoms with E-state index in [9.17, 15) is 0 Å². The molecule has 0 aliphatic carbocycles. The highest BCUT2D eigenvalue weighted by Gasteiger charge is 2.14. The zero-order valence-electron chi connectivity index (χ0n) is 19.0. The van der Waals surface area contributed by atoms with E-state index in [1.165, 1.54) is 27.8 Å². The Morgan fingerprint density at radius 2 is 1.62 bits per heavy atom. The maximum Gasteiger partial charge on any atom is 0.126 e. The molecule has 0 fully saturated rings. The first kappa shape index (κ1) is 20.2. The van der Waals surface area contributed by atoms with Crippen molar-refractivity contribution in [2.75, 3.05) is 0 Å². The second-order valence-corrected chi connectivity index (χ2v) is 8.56. The molecule has 160 valence electrons. The Balaban J connectivity index is 1.45. The van der Waals surface area contributed by atoms with Crippen molar-refractivity contribution in [2.45, 2.75) is 33.7 Å². The molecule has 0 spiro atoms. The number of aryl methyl sites for hydroxylation is 4. The molecule has 0 unspecified atom stereocenters. The maximum absolute atomic E-state index is 4.79. The van der Waals surface area contributed by atoms with Crippen LogP contribution in [0.2, 0.25) is 0 Å². The molecule has 5 nitrogen and oxygen atoms in total. The molecule has 0 aliphatic rings. The van der Waals surface area contributed by atoms with E-state index in [2.05, 4.69) is 90.4 Å². The molecule has 0 N–H and O–H groups in total. The summed E-state index contributed by atoms with van der Waals surface area (Å²) >= 11 is 0. The molecule has 0 radical (unpaired) electrons. The fraction of sp³-hybridized carbons (Fsp3) is 0.222. The molecular formula is C27H27N5. The zero-order valence-corrected chi connectivity index (χ0v) is 19.0. The lowest BCUT2D eigenvalue weighted by Gasteiger charge is -2.13. The van der Waals surface area contributed by atoms with Gasteiger partial charge in [-0.15, -0.1) is 0 Å².